The summed E-state index contributed by atoms with van der Waals surface area (Å²) in [6.45, 7) is 0.789. The molecule has 5 heteroatoms. The van der Waals surface area contributed by atoms with Gasteiger partial charge in [0, 0.05) is 36.3 Å². The highest BCUT2D eigenvalue weighted by atomic mass is 16.5. The zero-order chi connectivity index (χ0) is 22.7. The van der Waals surface area contributed by atoms with Gasteiger partial charge in [-0.3, -0.25) is 5.32 Å². The van der Waals surface area contributed by atoms with Crippen molar-refractivity contribution in [3.8, 4) is 35.0 Å². The lowest BCUT2D eigenvalue weighted by Crippen LogP contribution is -2.45. The number of nitrogens with one attached hydrogen (secondary N) is 1. The van der Waals surface area contributed by atoms with Crippen LogP contribution in [0.5, 0.6) is 11.5 Å². The lowest BCUT2D eigenvalue weighted by molar-refractivity contribution is 0.232. The number of nitrogens with two attached hydrogens (primary N) is 1. The number of fused-ring (bicyclic) bond motifs is 1. The molecular formula is C28H28N4O. The number of nitrogens with zero attached hydrogens (tertiary/aromatic N) is 2. The lowest BCUT2D eigenvalue weighted by atomic mass is 10.1. The van der Waals surface area contributed by atoms with Crippen molar-refractivity contribution in [1.82, 2.24) is 14.9 Å². The molecule has 2 heterocycles. The van der Waals surface area contributed by atoms with E-state index < -0.39 is 0 Å². The number of hydrogen-bond donors (Lipinski definition) is 2. The Morgan fingerprint density at radius 1 is 1.03 bits per heavy atom. The Kier molecular flexibility index (Phi) is 5.77. The van der Waals surface area contributed by atoms with Gasteiger partial charge in [-0.2, -0.15) is 0 Å². The quantitative estimate of drug-likeness (QED) is 0.279. The Morgan fingerprint density at radius 3 is 2.48 bits per heavy atom. The SMILES string of the molecule is C#CCCNC1(n2cc(-c3ccc(Oc4ccccc4)cc3)c3c(N)nccc32)CCCC1. The summed E-state index contributed by atoms with van der Waals surface area (Å²) in [6.07, 6.45) is 14.7. The first-order valence-corrected chi connectivity index (χ1v) is 11.5. The second-order valence-corrected chi connectivity index (χ2v) is 8.56. The fourth-order valence-electron chi connectivity index (χ4n) is 4.94. The molecule has 1 saturated carbocycles. The van der Waals surface area contributed by atoms with Gasteiger partial charge in [-0.25, -0.2) is 4.98 Å². The summed E-state index contributed by atoms with van der Waals surface area (Å²) in [5, 5.41) is 4.75. The average Bonchev–Trinajstić information content (AvgIpc) is 3.47. The number of terminal acetylenes is 1. The van der Waals surface area contributed by atoms with Crippen molar-refractivity contribution in [2.45, 2.75) is 37.8 Å². The van der Waals surface area contributed by atoms with Crippen LogP contribution in [0.25, 0.3) is 22.0 Å². The van der Waals surface area contributed by atoms with Crippen molar-refractivity contribution in [2.75, 3.05) is 12.3 Å². The molecule has 2 aromatic carbocycles. The largest absolute Gasteiger partial charge is 0.457 e. The van der Waals surface area contributed by atoms with E-state index in [0.717, 1.165) is 52.9 Å². The van der Waals surface area contributed by atoms with Crippen molar-refractivity contribution < 1.29 is 4.74 Å². The number of pyridine rings is 1. The van der Waals surface area contributed by atoms with Gasteiger partial charge in [0.15, 0.2) is 0 Å². The first kappa shape index (κ1) is 21.1. The maximum atomic E-state index is 6.41. The molecule has 5 rings (SSSR count). The Hall–Kier alpha value is -3.75. The molecular weight excluding hydrogens is 408 g/mol. The predicted molar refractivity (Wildman–Crippen MR) is 134 cm³/mol. The minimum atomic E-state index is -0.155. The summed E-state index contributed by atoms with van der Waals surface area (Å²) in [6, 6.07) is 20.0. The maximum Gasteiger partial charge on any atom is 0.133 e. The van der Waals surface area contributed by atoms with Gasteiger partial charge in [-0.15, -0.1) is 12.3 Å². The number of hydrogen-bond acceptors (Lipinski definition) is 4. The van der Waals surface area contributed by atoms with Crippen molar-refractivity contribution >= 4 is 16.7 Å². The van der Waals surface area contributed by atoms with Crippen LogP contribution in [0.2, 0.25) is 0 Å². The number of ether oxygens (including phenoxy) is 1. The van der Waals surface area contributed by atoms with E-state index in [2.05, 4.69) is 45.2 Å². The molecule has 0 bridgehead atoms. The molecule has 4 aromatic rings. The van der Waals surface area contributed by atoms with Crippen molar-refractivity contribution in [1.29, 1.82) is 0 Å². The van der Waals surface area contributed by atoms with Crippen LogP contribution in [0.3, 0.4) is 0 Å². The van der Waals surface area contributed by atoms with Gasteiger partial charge in [0.25, 0.3) is 0 Å². The Labute approximate surface area is 194 Å². The Balaban J connectivity index is 1.55. The standard InChI is InChI=1S/C28H28N4O/c1-2-3-18-31-28(16-7-8-17-28)32-20-24(26-25(32)15-19-30-27(26)29)21-11-13-23(14-12-21)33-22-9-5-4-6-10-22/h1,4-6,9-15,19-20,31H,3,7-8,16-18H2,(H2,29,30). The number of nitrogen functional groups attached to an aromatic ring is 1. The molecule has 5 nitrogen and oxygen atoms in total. The smallest absolute Gasteiger partial charge is 0.133 e. The van der Waals surface area contributed by atoms with E-state index in [1.165, 1.54) is 12.8 Å². The van der Waals surface area contributed by atoms with Crippen molar-refractivity contribution in [3.63, 3.8) is 0 Å². The molecule has 1 aliphatic rings. The molecule has 166 valence electrons. The third-order valence-electron chi connectivity index (χ3n) is 6.50. The molecule has 1 fully saturated rings. The van der Waals surface area contributed by atoms with Crippen molar-refractivity contribution in [3.05, 3.63) is 73.1 Å². The minimum Gasteiger partial charge on any atom is -0.457 e. The van der Waals surface area contributed by atoms with Crippen LogP contribution in [0, 0.1) is 12.3 Å². The zero-order valence-corrected chi connectivity index (χ0v) is 18.6. The summed E-state index contributed by atoms with van der Waals surface area (Å²) < 4.78 is 8.34. The van der Waals surface area contributed by atoms with Gasteiger partial charge >= 0.3 is 0 Å². The Morgan fingerprint density at radius 2 is 1.76 bits per heavy atom. The van der Waals surface area contributed by atoms with Crippen LogP contribution in [0.1, 0.15) is 32.1 Å². The average molecular weight is 437 g/mol. The summed E-state index contributed by atoms with van der Waals surface area (Å²) >= 11 is 0. The van der Waals surface area contributed by atoms with Crippen LogP contribution in [0.15, 0.2) is 73.1 Å². The van der Waals surface area contributed by atoms with E-state index in [1.54, 1.807) is 6.20 Å². The van der Waals surface area contributed by atoms with Gasteiger partial charge in [-0.05, 0) is 61.6 Å². The second kappa shape index (κ2) is 9.01. The second-order valence-electron chi connectivity index (χ2n) is 8.56. The minimum absolute atomic E-state index is 0.155. The molecule has 0 saturated heterocycles. The molecule has 33 heavy (non-hydrogen) atoms. The van der Waals surface area contributed by atoms with Crippen LogP contribution in [0.4, 0.5) is 5.82 Å². The fourth-order valence-corrected chi connectivity index (χ4v) is 4.94. The van der Waals surface area contributed by atoms with Gasteiger partial charge in [0.1, 0.15) is 17.3 Å². The molecule has 0 radical (unpaired) electrons. The number of aromatic nitrogens is 2. The normalized spacial score (nSPS) is 14.9. The lowest BCUT2D eigenvalue weighted by Gasteiger charge is -2.33. The molecule has 0 atom stereocenters. The maximum absolute atomic E-state index is 6.41. The Bertz CT molecular complexity index is 1280. The first-order valence-electron chi connectivity index (χ1n) is 11.5. The summed E-state index contributed by atoms with van der Waals surface area (Å²) in [4.78, 5) is 4.40. The highest BCUT2D eigenvalue weighted by Crippen LogP contribution is 2.42. The first-order chi connectivity index (χ1) is 16.2. The fraction of sp³-hybridized carbons (Fsp3) is 0.250. The van der Waals surface area contributed by atoms with E-state index in [9.17, 15) is 0 Å². The highest BCUT2D eigenvalue weighted by molar-refractivity contribution is 6.02. The van der Waals surface area contributed by atoms with Gasteiger partial charge in [0.05, 0.1) is 11.2 Å². The molecule has 0 amide bonds. The third kappa shape index (κ3) is 4.06. The number of para-hydroxylation sites is 1. The number of anilines is 1. The predicted octanol–water partition coefficient (Wildman–Crippen LogP) is 5.92. The molecule has 0 unspecified atom stereocenters. The van der Waals surface area contributed by atoms with Gasteiger partial charge < -0.3 is 15.0 Å². The number of rotatable bonds is 7. The van der Waals surface area contributed by atoms with Gasteiger partial charge in [-0.1, -0.05) is 30.3 Å². The zero-order valence-electron chi connectivity index (χ0n) is 18.6. The molecule has 1 aliphatic carbocycles. The number of benzene rings is 2. The van der Waals surface area contributed by atoms with Crippen molar-refractivity contribution in [2.24, 2.45) is 0 Å². The topological polar surface area (TPSA) is 65.1 Å². The van der Waals surface area contributed by atoms with Crippen LogP contribution >= 0.6 is 0 Å². The molecule has 3 N–H and O–H groups in total. The highest BCUT2D eigenvalue weighted by Gasteiger charge is 2.36. The molecule has 0 spiro atoms. The van der Waals surface area contributed by atoms with Crippen LogP contribution in [-0.2, 0) is 5.66 Å². The van der Waals surface area contributed by atoms with E-state index in [4.69, 9.17) is 16.9 Å². The van der Waals surface area contributed by atoms with Gasteiger partial charge in [0.2, 0.25) is 0 Å². The van der Waals surface area contributed by atoms with Crippen LogP contribution < -0.4 is 15.8 Å². The van der Waals surface area contributed by atoms with E-state index in [-0.39, 0.29) is 5.66 Å². The van der Waals surface area contributed by atoms with Crippen LogP contribution in [-0.4, -0.2) is 16.1 Å². The third-order valence-corrected chi connectivity index (χ3v) is 6.50. The molecule has 0 aliphatic heterocycles. The van der Waals surface area contributed by atoms with E-state index in [1.807, 2.05) is 42.5 Å². The summed E-state index contributed by atoms with van der Waals surface area (Å²) in [7, 11) is 0. The monoisotopic (exact) mass is 436 g/mol. The summed E-state index contributed by atoms with van der Waals surface area (Å²) in [5.41, 5.74) is 9.50. The summed E-state index contributed by atoms with van der Waals surface area (Å²) in [5.74, 6) is 4.90. The van der Waals surface area contributed by atoms with E-state index >= 15 is 0 Å². The van der Waals surface area contributed by atoms with E-state index in [0.29, 0.717) is 12.2 Å². The molecule has 2 aromatic heterocycles.